The van der Waals surface area contributed by atoms with Gasteiger partial charge in [0.2, 0.25) is 0 Å². The molecule has 1 saturated carbocycles. The number of carbonyl (C=O) groups excluding carboxylic acids is 1. The molecule has 2 atom stereocenters. The van der Waals surface area contributed by atoms with Gasteiger partial charge in [-0.25, -0.2) is 0 Å². The molecule has 0 unspecified atom stereocenters. The number of carbonyl (C=O) groups is 1. The lowest BCUT2D eigenvalue weighted by Crippen LogP contribution is -2.41. The minimum Gasteiger partial charge on any atom is -0.370 e. The highest BCUT2D eigenvalue weighted by Gasteiger charge is 2.24. The van der Waals surface area contributed by atoms with Crippen LogP contribution in [0.1, 0.15) is 49.9 Å². The molecule has 0 radical (unpaired) electrons. The van der Waals surface area contributed by atoms with Gasteiger partial charge < -0.3 is 10.2 Å². The van der Waals surface area contributed by atoms with Crippen molar-refractivity contribution < 1.29 is 4.79 Å². The van der Waals surface area contributed by atoms with Gasteiger partial charge in [0.1, 0.15) is 0 Å². The maximum absolute atomic E-state index is 12.6. The largest absolute Gasteiger partial charge is 0.370 e. The Hall–Kier alpha value is -1.16. The van der Waals surface area contributed by atoms with Crippen molar-refractivity contribution in [2.75, 3.05) is 23.7 Å². The van der Waals surface area contributed by atoms with Crippen molar-refractivity contribution >= 4 is 23.4 Å². The minimum atomic E-state index is 0.0909. The van der Waals surface area contributed by atoms with Crippen molar-refractivity contribution in [3.05, 3.63) is 23.8 Å². The van der Waals surface area contributed by atoms with Gasteiger partial charge in [0.05, 0.1) is 5.69 Å². The van der Waals surface area contributed by atoms with Gasteiger partial charge >= 0.3 is 0 Å². The first-order valence-electron chi connectivity index (χ1n) is 8.51. The SMILES string of the molecule is CCN1CCSc2ccc(C(=O)N[C@@H]3CCCC[C@H]3C)cc21. The first-order valence-corrected chi connectivity index (χ1v) is 9.50. The number of rotatable bonds is 3. The van der Waals surface area contributed by atoms with Crippen molar-refractivity contribution in [3.63, 3.8) is 0 Å². The normalized spacial score (nSPS) is 24.7. The Labute approximate surface area is 137 Å². The predicted molar refractivity (Wildman–Crippen MR) is 93.9 cm³/mol. The molecule has 1 N–H and O–H groups in total. The molecule has 1 aromatic carbocycles. The number of fused-ring (bicyclic) bond motifs is 1. The zero-order valence-corrected chi connectivity index (χ0v) is 14.4. The van der Waals surface area contributed by atoms with E-state index in [1.54, 1.807) is 0 Å². The van der Waals surface area contributed by atoms with Gasteiger partial charge in [0.25, 0.3) is 5.91 Å². The molecular weight excluding hydrogens is 292 g/mol. The van der Waals surface area contributed by atoms with Crippen molar-refractivity contribution in [1.29, 1.82) is 0 Å². The number of amides is 1. The summed E-state index contributed by atoms with van der Waals surface area (Å²) in [7, 11) is 0. The lowest BCUT2D eigenvalue weighted by Gasteiger charge is -2.31. The predicted octanol–water partition coefficient (Wildman–Crippen LogP) is 3.93. The minimum absolute atomic E-state index is 0.0909. The van der Waals surface area contributed by atoms with Gasteiger partial charge in [-0.05, 0) is 43.9 Å². The average Bonchev–Trinajstić information content (AvgIpc) is 2.55. The molecule has 1 amide bonds. The van der Waals surface area contributed by atoms with Gasteiger partial charge in [-0.1, -0.05) is 19.8 Å². The molecule has 3 nitrogen and oxygen atoms in total. The highest BCUT2D eigenvalue weighted by atomic mass is 32.2. The summed E-state index contributed by atoms with van der Waals surface area (Å²) in [5.74, 6) is 1.82. The highest BCUT2D eigenvalue weighted by molar-refractivity contribution is 7.99. The summed E-state index contributed by atoms with van der Waals surface area (Å²) in [6.45, 7) is 6.50. The Kier molecular flexibility index (Phi) is 4.97. The number of hydrogen-bond donors (Lipinski definition) is 1. The van der Waals surface area contributed by atoms with Crippen LogP contribution in [-0.4, -0.2) is 30.8 Å². The van der Waals surface area contributed by atoms with Crippen LogP contribution in [0.4, 0.5) is 5.69 Å². The van der Waals surface area contributed by atoms with E-state index in [9.17, 15) is 4.79 Å². The van der Waals surface area contributed by atoms with Crippen LogP contribution in [0.2, 0.25) is 0 Å². The van der Waals surface area contributed by atoms with Crippen molar-refractivity contribution in [3.8, 4) is 0 Å². The number of benzene rings is 1. The number of nitrogens with one attached hydrogen (secondary N) is 1. The Morgan fingerprint density at radius 3 is 2.95 bits per heavy atom. The average molecular weight is 318 g/mol. The summed E-state index contributed by atoms with van der Waals surface area (Å²) >= 11 is 1.89. The topological polar surface area (TPSA) is 32.3 Å². The summed E-state index contributed by atoms with van der Waals surface area (Å²) in [4.78, 5) is 16.3. The fraction of sp³-hybridized carbons (Fsp3) is 0.611. The quantitative estimate of drug-likeness (QED) is 0.916. The van der Waals surface area contributed by atoms with E-state index in [-0.39, 0.29) is 5.91 Å². The van der Waals surface area contributed by atoms with Crippen LogP contribution in [0.3, 0.4) is 0 Å². The number of thioether (sulfide) groups is 1. The van der Waals surface area contributed by atoms with E-state index >= 15 is 0 Å². The van der Waals surface area contributed by atoms with E-state index in [0.717, 1.165) is 30.8 Å². The van der Waals surface area contributed by atoms with Crippen LogP contribution in [0.15, 0.2) is 23.1 Å². The first-order chi connectivity index (χ1) is 10.7. The van der Waals surface area contributed by atoms with E-state index in [1.807, 2.05) is 17.8 Å². The van der Waals surface area contributed by atoms with E-state index in [4.69, 9.17) is 0 Å². The number of nitrogens with zero attached hydrogens (tertiary/aromatic N) is 1. The smallest absolute Gasteiger partial charge is 0.251 e. The van der Waals surface area contributed by atoms with E-state index in [0.29, 0.717) is 12.0 Å². The molecule has 1 fully saturated rings. The van der Waals surface area contributed by atoms with Crippen molar-refractivity contribution in [2.24, 2.45) is 5.92 Å². The monoisotopic (exact) mass is 318 g/mol. The molecule has 1 heterocycles. The summed E-state index contributed by atoms with van der Waals surface area (Å²) in [6, 6.07) is 6.51. The Morgan fingerprint density at radius 1 is 1.36 bits per heavy atom. The van der Waals surface area contributed by atoms with Crippen molar-refractivity contribution in [1.82, 2.24) is 5.32 Å². The maximum atomic E-state index is 12.6. The molecule has 22 heavy (non-hydrogen) atoms. The summed E-state index contributed by atoms with van der Waals surface area (Å²) < 4.78 is 0. The van der Waals surface area contributed by atoms with Crippen LogP contribution in [0.5, 0.6) is 0 Å². The van der Waals surface area contributed by atoms with E-state index in [1.165, 1.54) is 29.8 Å². The highest BCUT2D eigenvalue weighted by Crippen LogP contribution is 2.35. The van der Waals surface area contributed by atoms with Gasteiger partial charge in [0.15, 0.2) is 0 Å². The maximum Gasteiger partial charge on any atom is 0.251 e. The second kappa shape index (κ2) is 6.95. The Morgan fingerprint density at radius 2 is 2.18 bits per heavy atom. The molecule has 0 bridgehead atoms. The molecule has 120 valence electrons. The van der Waals surface area contributed by atoms with Crippen LogP contribution in [0, 0.1) is 5.92 Å². The molecule has 2 aliphatic rings. The van der Waals surface area contributed by atoms with E-state index in [2.05, 4.69) is 36.2 Å². The standard InChI is InChI=1S/C18H26N2OS/c1-3-20-10-11-22-17-9-8-14(12-16(17)20)18(21)19-15-7-5-4-6-13(15)2/h8-9,12-13,15H,3-7,10-11H2,1-2H3,(H,19,21)/t13-,15-/m1/s1. The van der Waals surface area contributed by atoms with Crippen LogP contribution < -0.4 is 10.2 Å². The van der Waals surface area contributed by atoms with Crippen LogP contribution in [0.25, 0.3) is 0 Å². The zero-order chi connectivity index (χ0) is 15.5. The molecular formula is C18H26N2OS. The Balaban J connectivity index is 1.75. The Bertz CT molecular complexity index is 546. The zero-order valence-electron chi connectivity index (χ0n) is 13.6. The van der Waals surface area contributed by atoms with Crippen LogP contribution in [-0.2, 0) is 0 Å². The number of anilines is 1. The molecule has 1 aliphatic carbocycles. The summed E-state index contributed by atoms with van der Waals surface area (Å²) in [6.07, 6.45) is 4.89. The molecule has 1 aliphatic heterocycles. The lowest BCUT2D eigenvalue weighted by atomic mass is 9.86. The van der Waals surface area contributed by atoms with Gasteiger partial charge in [0, 0.05) is 35.3 Å². The van der Waals surface area contributed by atoms with Gasteiger partial charge in [-0.3, -0.25) is 4.79 Å². The van der Waals surface area contributed by atoms with Gasteiger partial charge in [-0.15, -0.1) is 11.8 Å². The molecule has 0 saturated heterocycles. The fourth-order valence-corrected chi connectivity index (χ4v) is 4.56. The summed E-state index contributed by atoms with van der Waals surface area (Å²) in [5.41, 5.74) is 2.03. The second-order valence-electron chi connectivity index (χ2n) is 6.45. The van der Waals surface area contributed by atoms with Gasteiger partial charge in [-0.2, -0.15) is 0 Å². The third kappa shape index (κ3) is 3.27. The fourth-order valence-electron chi connectivity index (χ4n) is 3.52. The number of hydrogen-bond acceptors (Lipinski definition) is 3. The van der Waals surface area contributed by atoms with E-state index < -0.39 is 0 Å². The second-order valence-corrected chi connectivity index (χ2v) is 7.59. The third-order valence-corrected chi connectivity index (χ3v) is 6.03. The molecule has 4 heteroatoms. The molecule has 3 rings (SSSR count). The lowest BCUT2D eigenvalue weighted by molar-refractivity contribution is 0.0910. The van der Waals surface area contributed by atoms with Crippen molar-refractivity contribution in [2.45, 2.75) is 50.5 Å². The molecule has 1 aromatic rings. The molecule has 0 aromatic heterocycles. The van der Waals surface area contributed by atoms with Crippen LogP contribution >= 0.6 is 11.8 Å². The molecule has 0 spiro atoms. The first kappa shape index (κ1) is 15.7. The third-order valence-electron chi connectivity index (χ3n) is 4.99. The summed E-state index contributed by atoms with van der Waals surface area (Å²) in [5, 5.41) is 3.26.